The fraction of sp³-hybridized carbons (Fsp3) is 0.308. The summed E-state index contributed by atoms with van der Waals surface area (Å²) in [6.45, 7) is 4.19. The summed E-state index contributed by atoms with van der Waals surface area (Å²) in [6, 6.07) is 15.4. The molecule has 0 bridgehead atoms. The van der Waals surface area contributed by atoms with Gasteiger partial charge in [-0.3, -0.25) is 9.69 Å². The molecule has 170 valence electrons. The Morgan fingerprint density at radius 1 is 1.00 bits per heavy atom. The molecule has 7 heteroatoms. The maximum Gasteiger partial charge on any atom is 0.277 e. The lowest BCUT2D eigenvalue weighted by atomic mass is 10.1. The number of benzene rings is 2. The maximum atomic E-state index is 13.3. The molecule has 3 heterocycles. The molecule has 6 nitrogen and oxygen atoms in total. The van der Waals surface area contributed by atoms with Gasteiger partial charge in [0.25, 0.3) is 5.91 Å². The number of carbonyl (C=O) groups excluding carboxylic acids is 1. The molecule has 1 amide bonds. The van der Waals surface area contributed by atoms with Gasteiger partial charge in [-0.1, -0.05) is 6.07 Å². The van der Waals surface area contributed by atoms with Crippen LogP contribution in [0.4, 0.5) is 10.1 Å². The first-order chi connectivity index (χ1) is 16.1. The third-order valence-corrected chi connectivity index (χ3v) is 6.22. The van der Waals surface area contributed by atoms with Crippen molar-refractivity contribution in [2.75, 3.05) is 38.3 Å². The van der Waals surface area contributed by atoms with Crippen molar-refractivity contribution in [2.24, 2.45) is 0 Å². The van der Waals surface area contributed by atoms with Crippen LogP contribution < -0.4 is 14.4 Å². The summed E-state index contributed by atoms with van der Waals surface area (Å²) in [4.78, 5) is 21.8. The zero-order valence-corrected chi connectivity index (χ0v) is 18.6. The first-order valence-corrected chi connectivity index (χ1v) is 11.2. The number of aromatic nitrogens is 1. The van der Waals surface area contributed by atoms with E-state index in [0.717, 1.165) is 36.4 Å². The topological polar surface area (TPSA) is 54.9 Å². The number of methoxy groups -OCH3 is 1. The molecule has 2 aromatic carbocycles. The number of pyridine rings is 1. The van der Waals surface area contributed by atoms with Crippen molar-refractivity contribution >= 4 is 11.6 Å². The third kappa shape index (κ3) is 4.41. The second-order valence-electron chi connectivity index (χ2n) is 8.33. The zero-order chi connectivity index (χ0) is 22.8. The van der Waals surface area contributed by atoms with Gasteiger partial charge in [-0.15, -0.1) is 0 Å². The van der Waals surface area contributed by atoms with Crippen LogP contribution in [0.5, 0.6) is 11.5 Å². The Kier molecular flexibility index (Phi) is 5.96. The second kappa shape index (κ2) is 9.19. The molecule has 0 unspecified atom stereocenters. The molecule has 1 aromatic heterocycles. The van der Waals surface area contributed by atoms with Crippen LogP contribution >= 0.6 is 0 Å². The van der Waals surface area contributed by atoms with Crippen molar-refractivity contribution in [2.45, 2.75) is 19.4 Å². The van der Waals surface area contributed by atoms with Crippen molar-refractivity contribution in [1.29, 1.82) is 0 Å². The van der Waals surface area contributed by atoms with Gasteiger partial charge in [0.05, 0.1) is 19.3 Å². The predicted molar refractivity (Wildman–Crippen MR) is 124 cm³/mol. The van der Waals surface area contributed by atoms with E-state index < -0.39 is 0 Å². The summed E-state index contributed by atoms with van der Waals surface area (Å²) in [6.07, 6.45) is 2.51. The van der Waals surface area contributed by atoms with Gasteiger partial charge >= 0.3 is 0 Å². The second-order valence-corrected chi connectivity index (χ2v) is 8.33. The Morgan fingerprint density at radius 3 is 2.55 bits per heavy atom. The molecule has 5 rings (SSSR count). The molecule has 2 aliphatic rings. The van der Waals surface area contributed by atoms with E-state index in [4.69, 9.17) is 9.47 Å². The van der Waals surface area contributed by atoms with Crippen LogP contribution in [-0.2, 0) is 6.54 Å². The molecule has 0 radical (unpaired) electrons. The number of likely N-dealkylation sites (tertiary alicyclic amines) is 1. The largest absolute Gasteiger partial charge is 0.493 e. The van der Waals surface area contributed by atoms with Crippen LogP contribution in [0.25, 0.3) is 11.3 Å². The van der Waals surface area contributed by atoms with E-state index in [2.05, 4.69) is 9.88 Å². The summed E-state index contributed by atoms with van der Waals surface area (Å²) < 4.78 is 24.8. The number of anilines is 1. The summed E-state index contributed by atoms with van der Waals surface area (Å²) in [5, 5.41) is 0. The number of amides is 1. The van der Waals surface area contributed by atoms with Crippen LogP contribution in [0.15, 0.2) is 54.6 Å². The highest BCUT2D eigenvalue weighted by Gasteiger charge is 2.31. The van der Waals surface area contributed by atoms with Crippen molar-refractivity contribution in [3.8, 4) is 22.8 Å². The van der Waals surface area contributed by atoms with Gasteiger partial charge in [-0.25, -0.2) is 9.37 Å². The van der Waals surface area contributed by atoms with Gasteiger partial charge in [0, 0.05) is 29.4 Å². The summed E-state index contributed by atoms with van der Waals surface area (Å²) >= 11 is 0. The Morgan fingerprint density at radius 2 is 1.79 bits per heavy atom. The lowest BCUT2D eigenvalue weighted by Crippen LogP contribution is -2.25. The first kappa shape index (κ1) is 21.4. The van der Waals surface area contributed by atoms with Gasteiger partial charge in [0.2, 0.25) is 0 Å². The van der Waals surface area contributed by atoms with Gasteiger partial charge in [-0.2, -0.15) is 0 Å². The van der Waals surface area contributed by atoms with Crippen molar-refractivity contribution in [3.05, 3.63) is 71.7 Å². The summed E-state index contributed by atoms with van der Waals surface area (Å²) in [7, 11) is 1.60. The lowest BCUT2D eigenvalue weighted by molar-refractivity contribution is 0.0992. The molecule has 1 saturated heterocycles. The van der Waals surface area contributed by atoms with E-state index in [9.17, 15) is 9.18 Å². The molecular weight excluding hydrogens is 421 g/mol. The monoisotopic (exact) mass is 447 g/mol. The molecule has 33 heavy (non-hydrogen) atoms. The molecular formula is C26H26FN3O3. The molecule has 2 aliphatic heterocycles. The van der Waals surface area contributed by atoms with E-state index in [1.54, 1.807) is 24.1 Å². The SMILES string of the molecule is COc1cc(N2Cc3ccc(-c4ccc(F)cc4)nc3C2=O)ccc1OCCN1CCCC1. The van der Waals surface area contributed by atoms with Crippen molar-refractivity contribution in [1.82, 2.24) is 9.88 Å². The highest BCUT2D eigenvalue weighted by Crippen LogP contribution is 2.35. The number of carbonyl (C=O) groups is 1. The minimum atomic E-state index is -0.306. The van der Waals surface area contributed by atoms with Crippen LogP contribution in [0.3, 0.4) is 0 Å². The Hall–Kier alpha value is -3.45. The first-order valence-electron chi connectivity index (χ1n) is 11.2. The number of fused-ring (bicyclic) bond motifs is 1. The zero-order valence-electron chi connectivity index (χ0n) is 18.6. The van der Waals surface area contributed by atoms with Gasteiger partial charge in [-0.05, 0) is 68.4 Å². The van der Waals surface area contributed by atoms with E-state index in [1.807, 2.05) is 30.3 Å². The van der Waals surface area contributed by atoms with E-state index >= 15 is 0 Å². The highest BCUT2D eigenvalue weighted by molar-refractivity contribution is 6.09. The maximum absolute atomic E-state index is 13.3. The number of halogens is 1. The number of hydrogen-bond acceptors (Lipinski definition) is 5. The minimum absolute atomic E-state index is 0.168. The van der Waals surface area contributed by atoms with Crippen LogP contribution in [0, 0.1) is 5.82 Å². The molecule has 0 spiro atoms. The highest BCUT2D eigenvalue weighted by atomic mass is 19.1. The van der Waals surface area contributed by atoms with E-state index in [0.29, 0.717) is 36.0 Å². The summed E-state index contributed by atoms with van der Waals surface area (Å²) in [5.41, 5.74) is 3.41. The molecule has 1 fully saturated rings. The molecule has 0 N–H and O–H groups in total. The minimum Gasteiger partial charge on any atom is -0.493 e. The fourth-order valence-electron chi connectivity index (χ4n) is 4.40. The van der Waals surface area contributed by atoms with Crippen molar-refractivity contribution in [3.63, 3.8) is 0 Å². The lowest BCUT2D eigenvalue weighted by Gasteiger charge is -2.19. The van der Waals surface area contributed by atoms with Gasteiger partial charge in [0.1, 0.15) is 18.1 Å². The van der Waals surface area contributed by atoms with Crippen LogP contribution in [-0.4, -0.2) is 49.1 Å². The number of ether oxygens (including phenoxy) is 2. The summed E-state index contributed by atoms with van der Waals surface area (Å²) in [5.74, 6) is 0.789. The molecule has 3 aromatic rings. The average molecular weight is 448 g/mol. The standard InChI is InChI=1S/C26H26FN3O3/c1-32-24-16-21(9-11-23(24)33-15-14-29-12-2-3-13-29)30-17-19-6-10-22(28-25(19)26(30)31)18-4-7-20(27)8-5-18/h4-11,16H,2-3,12-15,17H2,1H3. The molecule has 0 saturated carbocycles. The van der Waals surface area contributed by atoms with Gasteiger partial charge < -0.3 is 14.4 Å². The smallest absolute Gasteiger partial charge is 0.277 e. The van der Waals surface area contributed by atoms with Crippen molar-refractivity contribution < 1.29 is 18.7 Å². The van der Waals surface area contributed by atoms with E-state index in [-0.39, 0.29) is 11.7 Å². The Labute approximate surface area is 192 Å². The fourth-order valence-corrected chi connectivity index (χ4v) is 4.40. The Balaban J connectivity index is 1.32. The Bertz CT molecular complexity index is 1160. The molecule has 0 atom stereocenters. The predicted octanol–water partition coefficient (Wildman–Crippen LogP) is 4.53. The number of nitrogens with zero attached hydrogens (tertiary/aromatic N) is 3. The molecule has 0 aliphatic carbocycles. The number of hydrogen-bond donors (Lipinski definition) is 0. The van der Waals surface area contributed by atoms with Gasteiger partial charge in [0.15, 0.2) is 11.5 Å². The third-order valence-electron chi connectivity index (χ3n) is 6.22. The quantitative estimate of drug-likeness (QED) is 0.533. The average Bonchev–Trinajstić information content (AvgIpc) is 3.47. The van der Waals surface area contributed by atoms with Crippen LogP contribution in [0.2, 0.25) is 0 Å². The number of rotatable bonds is 7. The van der Waals surface area contributed by atoms with Crippen LogP contribution in [0.1, 0.15) is 28.9 Å². The normalized spacial score (nSPS) is 15.7. The van der Waals surface area contributed by atoms with E-state index in [1.165, 1.54) is 25.0 Å².